The van der Waals surface area contributed by atoms with Crippen molar-refractivity contribution in [3.63, 3.8) is 0 Å². The summed E-state index contributed by atoms with van der Waals surface area (Å²) in [6.45, 7) is 6.26. The van der Waals surface area contributed by atoms with Gasteiger partial charge in [-0.15, -0.1) is 0 Å². The number of likely N-dealkylation sites (tertiary alicyclic amines) is 1. The molecule has 4 heteroatoms. The molecule has 0 radical (unpaired) electrons. The number of carbonyl (C=O) groups is 1. The number of benzene rings is 1. The molecule has 122 valence electrons. The summed E-state index contributed by atoms with van der Waals surface area (Å²) in [5.41, 5.74) is 0.711. The Bertz CT molecular complexity index is 481. The molecule has 1 amide bonds. The van der Waals surface area contributed by atoms with E-state index in [-0.39, 0.29) is 12.1 Å². The van der Waals surface area contributed by atoms with E-state index >= 15 is 0 Å². The van der Waals surface area contributed by atoms with Crippen LogP contribution >= 0.6 is 0 Å². The van der Waals surface area contributed by atoms with Crippen LogP contribution in [0.3, 0.4) is 0 Å². The fourth-order valence-electron chi connectivity index (χ4n) is 2.89. The lowest BCUT2D eigenvalue weighted by atomic mass is 10.0. The van der Waals surface area contributed by atoms with Crippen LogP contribution in [-0.4, -0.2) is 40.4 Å². The van der Waals surface area contributed by atoms with Crippen molar-refractivity contribution in [2.45, 2.75) is 64.2 Å². The van der Waals surface area contributed by atoms with Crippen molar-refractivity contribution < 1.29 is 14.6 Å². The number of rotatable bonds is 4. The number of aryl methyl sites for hydroxylation is 1. The highest BCUT2D eigenvalue weighted by Gasteiger charge is 2.36. The normalized spacial score (nSPS) is 20.0. The maximum Gasteiger partial charge on any atom is 0.410 e. The highest BCUT2D eigenvalue weighted by molar-refractivity contribution is 5.69. The molecule has 1 unspecified atom stereocenters. The molecular formula is C18H27NO3. The van der Waals surface area contributed by atoms with Crippen molar-refractivity contribution in [2.75, 3.05) is 6.54 Å². The zero-order valence-corrected chi connectivity index (χ0v) is 13.8. The molecule has 4 nitrogen and oxygen atoms in total. The fourth-order valence-corrected chi connectivity index (χ4v) is 2.89. The fraction of sp³-hybridized carbons (Fsp3) is 0.611. The molecule has 2 rings (SSSR count). The molecule has 1 aromatic rings. The van der Waals surface area contributed by atoms with Crippen molar-refractivity contribution >= 4 is 6.09 Å². The van der Waals surface area contributed by atoms with E-state index in [2.05, 4.69) is 12.1 Å². The van der Waals surface area contributed by atoms with Crippen molar-refractivity contribution in [1.29, 1.82) is 0 Å². The van der Waals surface area contributed by atoms with E-state index in [4.69, 9.17) is 4.74 Å². The Kier molecular flexibility index (Phi) is 5.46. The molecule has 1 aliphatic heterocycles. The van der Waals surface area contributed by atoms with Crippen LogP contribution in [0.1, 0.15) is 45.6 Å². The lowest BCUT2D eigenvalue weighted by molar-refractivity contribution is 0.00401. The molecule has 2 atom stereocenters. The third-order valence-corrected chi connectivity index (χ3v) is 3.94. The van der Waals surface area contributed by atoms with E-state index in [1.54, 1.807) is 4.90 Å². The first kappa shape index (κ1) is 16.8. The quantitative estimate of drug-likeness (QED) is 0.927. The second kappa shape index (κ2) is 7.14. The zero-order chi connectivity index (χ0) is 16.2. The molecule has 1 aromatic carbocycles. The van der Waals surface area contributed by atoms with Crippen molar-refractivity contribution in [3.05, 3.63) is 35.9 Å². The van der Waals surface area contributed by atoms with E-state index < -0.39 is 11.7 Å². The minimum Gasteiger partial charge on any atom is -0.444 e. The van der Waals surface area contributed by atoms with Crippen molar-refractivity contribution in [1.82, 2.24) is 4.90 Å². The molecule has 0 saturated carbocycles. The van der Waals surface area contributed by atoms with Crippen molar-refractivity contribution in [2.24, 2.45) is 0 Å². The number of ether oxygens (including phenoxy) is 1. The second-order valence-electron chi connectivity index (χ2n) is 6.97. The molecule has 0 aromatic heterocycles. The predicted molar refractivity (Wildman–Crippen MR) is 86.7 cm³/mol. The average molecular weight is 305 g/mol. The van der Waals surface area contributed by atoms with E-state index in [9.17, 15) is 9.90 Å². The number of aliphatic hydroxyl groups excluding tert-OH is 1. The van der Waals surface area contributed by atoms with Crippen LogP contribution in [0.2, 0.25) is 0 Å². The second-order valence-corrected chi connectivity index (χ2v) is 6.97. The first-order valence-electron chi connectivity index (χ1n) is 8.08. The van der Waals surface area contributed by atoms with Crippen LogP contribution in [0, 0.1) is 0 Å². The van der Waals surface area contributed by atoms with Gasteiger partial charge in [0.1, 0.15) is 5.60 Å². The van der Waals surface area contributed by atoms with E-state index in [0.717, 1.165) is 19.3 Å². The minimum atomic E-state index is -0.504. The van der Waals surface area contributed by atoms with Gasteiger partial charge in [0.05, 0.1) is 12.1 Å². The van der Waals surface area contributed by atoms with Crippen molar-refractivity contribution in [3.8, 4) is 0 Å². The lowest BCUT2D eigenvalue weighted by Gasteiger charge is -2.31. The molecule has 1 N–H and O–H groups in total. The predicted octanol–water partition coefficient (Wildman–Crippen LogP) is 3.38. The Morgan fingerprint density at radius 2 is 2.05 bits per heavy atom. The molecule has 1 heterocycles. The summed E-state index contributed by atoms with van der Waals surface area (Å²) in [5, 5.41) is 10.5. The van der Waals surface area contributed by atoms with Gasteiger partial charge in [0.15, 0.2) is 0 Å². The third-order valence-electron chi connectivity index (χ3n) is 3.94. The van der Waals surface area contributed by atoms with Gasteiger partial charge in [0, 0.05) is 6.54 Å². The summed E-state index contributed by atoms with van der Waals surface area (Å²) in [4.78, 5) is 13.9. The summed E-state index contributed by atoms with van der Waals surface area (Å²) in [5.74, 6) is 0. The Hall–Kier alpha value is -1.55. The minimum absolute atomic E-state index is 0.126. The number of amides is 1. The number of hydrogen-bond acceptors (Lipinski definition) is 3. The highest BCUT2D eigenvalue weighted by Crippen LogP contribution is 2.25. The van der Waals surface area contributed by atoms with E-state index in [0.29, 0.717) is 13.0 Å². The Morgan fingerprint density at radius 1 is 1.36 bits per heavy atom. The lowest BCUT2D eigenvalue weighted by Crippen LogP contribution is -2.45. The van der Waals surface area contributed by atoms with Gasteiger partial charge in [-0.1, -0.05) is 30.3 Å². The highest BCUT2D eigenvalue weighted by atomic mass is 16.6. The van der Waals surface area contributed by atoms with Crippen LogP contribution in [0.4, 0.5) is 4.79 Å². The number of hydrogen-bond donors (Lipinski definition) is 1. The van der Waals surface area contributed by atoms with Crippen LogP contribution in [0.15, 0.2) is 30.3 Å². The average Bonchev–Trinajstić information content (AvgIpc) is 2.93. The molecule has 22 heavy (non-hydrogen) atoms. The summed E-state index contributed by atoms with van der Waals surface area (Å²) in [6.07, 6.45) is 2.43. The van der Waals surface area contributed by atoms with Gasteiger partial charge in [-0.3, -0.25) is 0 Å². The van der Waals surface area contributed by atoms with Gasteiger partial charge in [0.25, 0.3) is 0 Å². The van der Waals surface area contributed by atoms with Crippen LogP contribution in [-0.2, 0) is 11.2 Å². The molecule has 1 fully saturated rings. The largest absolute Gasteiger partial charge is 0.444 e. The summed E-state index contributed by atoms with van der Waals surface area (Å²) in [7, 11) is 0. The van der Waals surface area contributed by atoms with Gasteiger partial charge < -0.3 is 14.7 Å². The monoisotopic (exact) mass is 305 g/mol. The third kappa shape index (κ3) is 4.73. The summed E-state index contributed by atoms with van der Waals surface area (Å²) < 4.78 is 5.44. The van der Waals surface area contributed by atoms with Gasteiger partial charge in [-0.05, 0) is 52.0 Å². The molecular weight excluding hydrogens is 278 g/mol. The van der Waals surface area contributed by atoms with Gasteiger partial charge in [-0.25, -0.2) is 4.79 Å². The molecule has 0 bridgehead atoms. The first-order chi connectivity index (χ1) is 10.4. The van der Waals surface area contributed by atoms with Crippen LogP contribution < -0.4 is 0 Å². The first-order valence-corrected chi connectivity index (χ1v) is 8.08. The van der Waals surface area contributed by atoms with E-state index in [1.165, 1.54) is 5.56 Å². The topological polar surface area (TPSA) is 49.8 Å². The standard InChI is InChI=1S/C18H27NO3/c1-18(2,3)22-17(21)19-13-7-10-15(19)16(20)12-11-14-8-5-4-6-9-14/h4-6,8-9,15-16,20H,7,10-13H2,1-3H3/t15-,16?/m1/s1. The number of carbonyl (C=O) groups excluding carboxylic acids is 1. The Labute approximate surface area is 133 Å². The Balaban J connectivity index is 1.90. The maximum absolute atomic E-state index is 12.2. The van der Waals surface area contributed by atoms with Gasteiger partial charge >= 0.3 is 6.09 Å². The molecule has 1 aliphatic rings. The summed E-state index contributed by atoms with van der Waals surface area (Å²) >= 11 is 0. The van der Waals surface area contributed by atoms with E-state index in [1.807, 2.05) is 39.0 Å². The number of nitrogens with zero attached hydrogens (tertiary/aromatic N) is 1. The number of aliphatic hydroxyl groups is 1. The van der Waals surface area contributed by atoms with Gasteiger partial charge in [-0.2, -0.15) is 0 Å². The molecule has 1 saturated heterocycles. The van der Waals surface area contributed by atoms with Gasteiger partial charge in [0.2, 0.25) is 0 Å². The van der Waals surface area contributed by atoms with Crippen LogP contribution in [0.5, 0.6) is 0 Å². The maximum atomic E-state index is 12.2. The molecule has 0 spiro atoms. The summed E-state index contributed by atoms with van der Waals surface area (Å²) in [6, 6.07) is 9.99. The smallest absolute Gasteiger partial charge is 0.410 e. The van der Waals surface area contributed by atoms with Crippen LogP contribution in [0.25, 0.3) is 0 Å². The SMILES string of the molecule is CC(C)(C)OC(=O)N1CCC[C@@H]1C(O)CCc1ccccc1. The Morgan fingerprint density at radius 3 is 2.68 bits per heavy atom. The molecule has 0 aliphatic carbocycles. The zero-order valence-electron chi connectivity index (χ0n) is 13.8.